The Morgan fingerprint density at radius 3 is 2.56 bits per heavy atom. The Hall–Kier alpha value is -1.26. The molecule has 0 aliphatic carbocycles. The van der Waals surface area contributed by atoms with Crippen LogP contribution < -0.4 is 10.6 Å². The molecule has 2 aliphatic heterocycles. The van der Waals surface area contributed by atoms with Gasteiger partial charge in [-0.1, -0.05) is 12.1 Å². The van der Waals surface area contributed by atoms with Crippen molar-refractivity contribution in [3.63, 3.8) is 0 Å². The van der Waals surface area contributed by atoms with Gasteiger partial charge in [-0.3, -0.25) is 10.3 Å². The number of hydrogen-bond donors (Lipinski definition) is 2. The number of hydrogen-bond acceptors (Lipinski definition) is 6. The van der Waals surface area contributed by atoms with Crippen LogP contribution >= 0.6 is 11.8 Å². The molecule has 150 valence electrons. The van der Waals surface area contributed by atoms with Crippen LogP contribution in [-0.4, -0.2) is 56.8 Å². The topological polar surface area (TPSA) is 70.6 Å². The molecule has 1 saturated heterocycles. The molecule has 0 radical (unpaired) electrons. The summed E-state index contributed by atoms with van der Waals surface area (Å²) in [7, 11) is -3.32. The highest BCUT2D eigenvalue weighted by Crippen LogP contribution is 2.29. The molecule has 27 heavy (non-hydrogen) atoms. The lowest BCUT2D eigenvalue weighted by Gasteiger charge is -2.31. The number of rotatable bonds is 4. The standard InChI is InChI=1S/C17H22F3N3O2S2/c1-27(24,25)13-6-4-11(5-7-13)14-10-21-15(17(18,19)20)16(23-14)22-9-12-3-2-8-26-12/h4-7,12,14-15,21H,2-3,8-10H2,1H3,(H,22,23). The number of aliphatic imine (C=N–C) groups is 1. The highest BCUT2D eigenvalue weighted by Gasteiger charge is 2.45. The van der Waals surface area contributed by atoms with Gasteiger partial charge in [0.2, 0.25) is 0 Å². The van der Waals surface area contributed by atoms with Crippen molar-refractivity contribution in [1.82, 2.24) is 10.6 Å². The third kappa shape index (κ3) is 5.17. The van der Waals surface area contributed by atoms with Gasteiger partial charge in [0.05, 0.1) is 10.9 Å². The van der Waals surface area contributed by atoms with Crippen molar-refractivity contribution in [2.75, 3.05) is 25.1 Å². The van der Waals surface area contributed by atoms with E-state index in [1.807, 2.05) is 0 Å². The van der Waals surface area contributed by atoms with Gasteiger partial charge in [-0.2, -0.15) is 24.9 Å². The molecular formula is C17H22F3N3O2S2. The zero-order chi connectivity index (χ0) is 19.7. The largest absolute Gasteiger partial charge is 0.410 e. The number of nitrogens with one attached hydrogen (secondary N) is 2. The van der Waals surface area contributed by atoms with E-state index in [9.17, 15) is 21.6 Å². The number of alkyl halides is 3. The monoisotopic (exact) mass is 421 g/mol. The number of thioether (sulfide) groups is 1. The van der Waals surface area contributed by atoms with Gasteiger partial charge in [-0.05, 0) is 36.3 Å². The number of halogens is 3. The zero-order valence-electron chi connectivity index (χ0n) is 14.8. The zero-order valence-corrected chi connectivity index (χ0v) is 16.4. The van der Waals surface area contributed by atoms with E-state index >= 15 is 0 Å². The fourth-order valence-corrected chi connectivity index (χ4v) is 5.02. The maximum atomic E-state index is 13.4. The Morgan fingerprint density at radius 2 is 2.00 bits per heavy atom. The Kier molecular flexibility index (Phi) is 6.07. The smallest absolute Gasteiger partial charge is 0.371 e. The van der Waals surface area contributed by atoms with Gasteiger partial charge in [-0.15, -0.1) is 0 Å². The predicted octanol–water partition coefficient (Wildman–Crippen LogP) is 2.55. The van der Waals surface area contributed by atoms with Crippen LogP contribution in [0.3, 0.4) is 0 Å². The lowest BCUT2D eigenvalue weighted by Crippen LogP contribution is -2.57. The summed E-state index contributed by atoms with van der Waals surface area (Å²) in [6, 6.07) is 3.80. The molecule has 1 aromatic rings. The molecule has 0 amide bonds. The summed E-state index contributed by atoms with van der Waals surface area (Å²) < 4.78 is 63.2. The van der Waals surface area contributed by atoms with E-state index in [2.05, 4.69) is 15.6 Å². The van der Waals surface area contributed by atoms with E-state index < -0.39 is 28.1 Å². The second kappa shape index (κ2) is 8.00. The molecule has 2 N–H and O–H groups in total. The molecule has 0 bridgehead atoms. The van der Waals surface area contributed by atoms with Crippen LogP contribution in [0, 0.1) is 0 Å². The summed E-state index contributed by atoms with van der Waals surface area (Å²) in [5.41, 5.74) is 0.671. The van der Waals surface area contributed by atoms with Gasteiger partial charge >= 0.3 is 6.18 Å². The average Bonchev–Trinajstić information content (AvgIpc) is 3.12. The molecular weight excluding hydrogens is 399 g/mol. The summed E-state index contributed by atoms with van der Waals surface area (Å²) >= 11 is 1.76. The van der Waals surface area contributed by atoms with Gasteiger partial charge in [0.1, 0.15) is 5.84 Å². The van der Waals surface area contributed by atoms with E-state index in [0.29, 0.717) is 17.4 Å². The van der Waals surface area contributed by atoms with Crippen molar-refractivity contribution in [2.24, 2.45) is 4.99 Å². The van der Waals surface area contributed by atoms with Crippen LogP contribution in [0.1, 0.15) is 24.4 Å². The lowest BCUT2D eigenvalue weighted by atomic mass is 10.0. The fraction of sp³-hybridized carbons (Fsp3) is 0.588. The molecule has 3 atom stereocenters. The molecule has 0 saturated carbocycles. The molecule has 10 heteroatoms. The minimum absolute atomic E-state index is 0.0335. The molecule has 3 unspecified atom stereocenters. The van der Waals surface area contributed by atoms with Gasteiger partial charge < -0.3 is 5.32 Å². The molecule has 1 fully saturated rings. The molecule has 1 aromatic carbocycles. The van der Waals surface area contributed by atoms with E-state index in [-0.39, 0.29) is 17.3 Å². The summed E-state index contributed by atoms with van der Waals surface area (Å²) in [6.45, 7) is 0.489. The highest BCUT2D eigenvalue weighted by atomic mass is 32.2. The van der Waals surface area contributed by atoms with E-state index in [1.165, 1.54) is 12.1 Å². The lowest BCUT2D eigenvalue weighted by molar-refractivity contribution is -0.141. The van der Waals surface area contributed by atoms with E-state index in [0.717, 1.165) is 24.9 Å². The van der Waals surface area contributed by atoms with Gasteiger partial charge in [-0.25, -0.2) is 8.42 Å². The Balaban J connectivity index is 1.80. The number of nitrogens with zero attached hydrogens (tertiary/aromatic N) is 1. The van der Waals surface area contributed by atoms with Crippen molar-refractivity contribution in [1.29, 1.82) is 0 Å². The van der Waals surface area contributed by atoms with Crippen LogP contribution in [0.25, 0.3) is 0 Å². The van der Waals surface area contributed by atoms with Crippen LogP contribution in [0.5, 0.6) is 0 Å². The van der Waals surface area contributed by atoms with Crippen molar-refractivity contribution in [2.45, 2.75) is 41.2 Å². The molecule has 2 heterocycles. The van der Waals surface area contributed by atoms with E-state index in [4.69, 9.17) is 0 Å². The second-order valence-electron chi connectivity index (χ2n) is 6.77. The Morgan fingerprint density at radius 1 is 1.30 bits per heavy atom. The summed E-state index contributed by atoms with van der Waals surface area (Å²) in [4.78, 5) is 4.49. The summed E-state index contributed by atoms with van der Waals surface area (Å²) in [5.74, 6) is 0.938. The van der Waals surface area contributed by atoms with Crippen molar-refractivity contribution >= 4 is 27.4 Å². The van der Waals surface area contributed by atoms with Crippen molar-refractivity contribution in [3.8, 4) is 0 Å². The predicted molar refractivity (Wildman–Crippen MR) is 101 cm³/mol. The van der Waals surface area contributed by atoms with Gasteiger partial charge in [0.15, 0.2) is 15.9 Å². The first kappa shape index (κ1) is 20.5. The summed E-state index contributed by atoms with van der Waals surface area (Å²) in [6.07, 6.45) is -1.25. The third-order valence-corrected chi connectivity index (χ3v) is 7.17. The number of amidine groups is 1. The SMILES string of the molecule is CS(=O)(=O)c1ccc(C2CNC(C(F)(F)F)C(NCC3CCCS3)=N2)cc1. The summed E-state index contributed by atoms with van der Waals surface area (Å²) in [5, 5.41) is 5.74. The van der Waals surface area contributed by atoms with Crippen LogP contribution in [0.15, 0.2) is 34.2 Å². The number of benzene rings is 1. The van der Waals surface area contributed by atoms with Crippen molar-refractivity contribution in [3.05, 3.63) is 29.8 Å². The fourth-order valence-electron chi connectivity index (χ4n) is 3.19. The first-order chi connectivity index (χ1) is 12.6. The van der Waals surface area contributed by atoms with Crippen LogP contribution in [-0.2, 0) is 9.84 Å². The molecule has 0 aromatic heterocycles. The first-order valence-corrected chi connectivity index (χ1v) is 11.6. The van der Waals surface area contributed by atoms with Crippen LogP contribution in [0.2, 0.25) is 0 Å². The first-order valence-electron chi connectivity index (χ1n) is 8.68. The molecule has 0 spiro atoms. The normalized spacial score (nSPS) is 26.7. The van der Waals surface area contributed by atoms with Gasteiger partial charge in [0.25, 0.3) is 0 Å². The Bertz CT molecular complexity index is 789. The second-order valence-corrected chi connectivity index (χ2v) is 10.2. The van der Waals surface area contributed by atoms with E-state index in [1.54, 1.807) is 23.9 Å². The van der Waals surface area contributed by atoms with Gasteiger partial charge in [0, 0.05) is 24.6 Å². The molecule has 3 rings (SSSR count). The molecule has 5 nitrogen and oxygen atoms in total. The maximum Gasteiger partial charge on any atom is 0.410 e. The highest BCUT2D eigenvalue weighted by molar-refractivity contribution is 8.00. The minimum atomic E-state index is -4.43. The quantitative estimate of drug-likeness (QED) is 0.782. The Labute approximate surface area is 161 Å². The average molecular weight is 422 g/mol. The maximum absolute atomic E-state index is 13.4. The minimum Gasteiger partial charge on any atom is -0.371 e. The van der Waals surface area contributed by atoms with Crippen LogP contribution in [0.4, 0.5) is 13.2 Å². The van der Waals surface area contributed by atoms with Crippen molar-refractivity contribution < 1.29 is 21.6 Å². The molecule has 2 aliphatic rings. The number of sulfone groups is 1. The third-order valence-electron chi connectivity index (χ3n) is 4.64.